The Morgan fingerprint density at radius 2 is 2.22 bits per heavy atom. The monoisotopic (exact) mass is 124 g/mol. The van der Waals surface area contributed by atoms with E-state index in [9.17, 15) is 0 Å². The van der Waals surface area contributed by atoms with Gasteiger partial charge in [-0.1, -0.05) is 6.58 Å². The van der Waals surface area contributed by atoms with Crippen LogP contribution in [0.4, 0.5) is 0 Å². The van der Waals surface area contributed by atoms with E-state index in [1.165, 1.54) is 0 Å². The maximum absolute atomic E-state index is 4.29. The second kappa shape index (κ2) is 1.87. The van der Waals surface area contributed by atoms with Gasteiger partial charge in [0.05, 0.1) is 6.04 Å². The first kappa shape index (κ1) is 6.33. The molecular formula is C7H12N2. The summed E-state index contributed by atoms with van der Waals surface area (Å²) >= 11 is 0. The SMILES string of the molecule is C=C1C(C)N=C(C)N1C. The van der Waals surface area contributed by atoms with Gasteiger partial charge in [0, 0.05) is 12.7 Å². The van der Waals surface area contributed by atoms with Crippen LogP contribution in [0.15, 0.2) is 17.3 Å². The molecule has 2 nitrogen and oxygen atoms in total. The fraction of sp³-hybridized carbons (Fsp3) is 0.571. The molecule has 1 heterocycles. The number of nitrogens with zero attached hydrogens (tertiary/aromatic N) is 2. The van der Waals surface area contributed by atoms with E-state index in [0.717, 1.165) is 11.5 Å². The van der Waals surface area contributed by atoms with Crippen LogP contribution in [0.2, 0.25) is 0 Å². The maximum atomic E-state index is 4.29. The molecule has 1 unspecified atom stereocenters. The van der Waals surface area contributed by atoms with Crippen LogP contribution in [0.25, 0.3) is 0 Å². The van der Waals surface area contributed by atoms with Gasteiger partial charge >= 0.3 is 0 Å². The fourth-order valence-electron chi connectivity index (χ4n) is 0.929. The summed E-state index contributed by atoms with van der Waals surface area (Å²) in [6.07, 6.45) is 0. The predicted molar refractivity (Wildman–Crippen MR) is 39.5 cm³/mol. The van der Waals surface area contributed by atoms with Gasteiger partial charge in [0.2, 0.25) is 0 Å². The lowest BCUT2D eigenvalue weighted by Crippen LogP contribution is -2.18. The minimum absolute atomic E-state index is 0.287. The Morgan fingerprint density at radius 3 is 2.33 bits per heavy atom. The molecule has 0 N–H and O–H groups in total. The van der Waals surface area contributed by atoms with Crippen molar-refractivity contribution < 1.29 is 0 Å². The Kier molecular flexibility index (Phi) is 1.31. The van der Waals surface area contributed by atoms with Gasteiger partial charge in [-0.3, -0.25) is 4.99 Å². The van der Waals surface area contributed by atoms with Gasteiger partial charge < -0.3 is 4.90 Å². The lowest BCUT2D eigenvalue weighted by atomic mass is 10.3. The van der Waals surface area contributed by atoms with E-state index in [1.54, 1.807) is 0 Å². The second-order valence-corrected chi connectivity index (χ2v) is 2.40. The van der Waals surface area contributed by atoms with E-state index in [4.69, 9.17) is 0 Å². The van der Waals surface area contributed by atoms with Crippen LogP contribution in [0.1, 0.15) is 13.8 Å². The fourth-order valence-corrected chi connectivity index (χ4v) is 0.929. The third kappa shape index (κ3) is 0.846. The minimum Gasteiger partial charge on any atom is -0.336 e. The highest BCUT2D eigenvalue weighted by atomic mass is 15.2. The molecule has 0 saturated carbocycles. The smallest absolute Gasteiger partial charge is 0.100 e. The molecule has 0 aromatic rings. The Hall–Kier alpha value is -0.790. The first-order valence-electron chi connectivity index (χ1n) is 3.10. The van der Waals surface area contributed by atoms with Crippen molar-refractivity contribution in [2.75, 3.05) is 7.05 Å². The zero-order valence-electron chi connectivity index (χ0n) is 6.18. The highest BCUT2D eigenvalue weighted by molar-refractivity contribution is 5.83. The van der Waals surface area contributed by atoms with E-state index in [-0.39, 0.29) is 6.04 Å². The molecule has 0 fully saturated rings. The lowest BCUT2D eigenvalue weighted by molar-refractivity contribution is 0.618. The van der Waals surface area contributed by atoms with E-state index in [1.807, 2.05) is 18.9 Å². The topological polar surface area (TPSA) is 15.6 Å². The molecule has 1 aliphatic heterocycles. The summed E-state index contributed by atoms with van der Waals surface area (Å²) in [5, 5.41) is 0. The molecule has 1 atom stereocenters. The first-order valence-corrected chi connectivity index (χ1v) is 3.10. The molecule has 0 bridgehead atoms. The highest BCUT2D eigenvalue weighted by Crippen LogP contribution is 2.16. The van der Waals surface area contributed by atoms with Crippen LogP contribution in [-0.4, -0.2) is 23.8 Å². The second-order valence-electron chi connectivity index (χ2n) is 2.40. The number of aliphatic imine (C=N–C) groups is 1. The van der Waals surface area contributed by atoms with Gasteiger partial charge in [-0.2, -0.15) is 0 Å². The van der Waals surface area contributed by atoms with E-state index < -0.39 is 0 Å². The van der Waals surface area contributed by atoms with Crippen molar-refractivity contribution in [1.82, 2.24) is 4.90 Å². The van der Waals surface area contributed by atoms with Crippen molar-refractivity contribution in [3.05, 3.63) is 12.3 Å². The maximum Gasteiger partial charge on any atom is 0.100 e. The average Bonchev–Trinajstić information content (AvgIpc) is 1.98. The molecular weight excluding hydrogens is 112 g/mol. The molecule has 2 heteroatoms. The molecule has 0 amide bonds. The van der Waals surface area contributed by atoms with Gasteiger partial charge in [-0.05, 0) is 13.8 Å². The Balaban J connectivity index is 2.82. The van der Waals surface area contributed by atoms with Crippen LogP contribution >= 0.6 is 0 Å². The summed E-state index contributed by atoms with van der Waals surface area (Å²) in [4.78, 5) is 6.31. The van der Waals surface area contributed by atoms with Crippen molar-refractivity contribution in [2.24, 2.45) is 4.99 Å². The van der Waals surface area contributed by atoms with Crippen LogP contribution in [0.5, 0.6) is 0 Å². The van der Waals surface area contributed by atoms with Crippen LogP contribution in [0, 0.1) is 0 Å². The van der Waals surface area contributed by atoms with E-state index in [2.05, 4.69) is 18.5 Å². The predicted octanol–water partition coefficient (Wildman–Crippen LogP) is 1.25. The van der Waals surface area contributed by atoms with Gasteiger partial charge in [0.25, 0.3) is 0 Å². The molecule has 50 valence electrons. The number of rotatable bonds is 0. The number of amidine groups is 1. The van der Waals surface area contributed by atoms with Crippen LogP contribution in [0.3, 0.4) is 0 Å². The molecule has 0 spiro atoms. The number of hydrogen-bond donors (Lipinski definition) is 0. The van der Waals surface area contributed by atoms with E-state index >= 15 is 0 Å². The molecule has 1 aliphatic rings. The van der Waals surface area contributed by atoms with Crippen molar-refractivity contribution in [1.29, 1.82) is 0 Å². The number of hydrogen-bond acceptors (Lipinski definition) is 2. The van der Waals surface area contributed by atoms with E-state index in [0.29, 0.717) is 0 Å². The zero-order valence-corrected chi connectivity index (χ0v) is 6.18. The minimum atomic E-state index is 0.287. The average molecular weight is 124 g/mol. The molecule has 0 saturated heterocycles. The third-order valence-corrected chi connectivity index (χ3v) is 1.78. The Bertz CT molecular complexity index is 170. The molecule has 9 heavy (non-hydrogen) atoms. The van der Waals surface area contributed by atoms with Crippen molar-refractivity contribution in [3.63, 3.8) is 0 Å². The third-order valence-electron chi connectivity index (χ3n) is 1.78. The van der Waals surface area contributed by atoms with Crippen molar-refractivity contribution in [2.45, 2.75) is 19.9 Å². The Labute approximate surface area is 55.9 Å². The van der Waals surface area contributed by atoms with Crippen molar-refractivity contribution in [3.8, 4) is 0 Å². The summed E-state index contributed by atoms with van der Waals surface area (Å²) in [6.45, 7) is 7.92. The van der Waals surface area contributed by atoms with Gasteiger partial charge in [0.15, 0.2) is 0 Å². The molecule has 0 aromatic heterocycles. The van der Waals surface area contributed by atoms with Crippen molar-refractivity contribution >= 4 is 5.84 Å². The molecule has 0 aliphatic carbocycles. The number of likely N-dealkylation sites (N-methyl/N-ethyl adjacent to an activating group) is 1. The van der Waals surface area contributed by atoms with Crippen LogP contribution in [-0.2, 0) is 0 Å². The first-order chi connectivity index (χ1) is 4.13. The summed E-state index contributed by atoms with van der Waals surface area (Å²) < 4.78 is 0. The largest absolute Gasteiger partial charge is 0.336 e. The van der Waals surface area contributed by atoms with Gasteiger partial charge in [-0.15, -0.1) is 0 Å². The Morgan fingerprint density at radius 1 is 1.67 bits per heavy atom. The summed E-state index contributed by atoms with van der Waals surface area (Å²) in [5.41, 5.74) is 1.09. The quantitative estimate of drug-likeness (QED) is 0.474. The molecule has 1 rings (SSSR count). The summed E-state index contributed by atoms with van der Waals surface area (Å²) in [5.74, 6) is 1.06. The van der Waals surface area contributed by atoms with Crippen LogP contribution < -0.4 is 0 Å². The normalized spacial score (nSPS) is 27.0. The highest BCUT2D eigenvalue weighted by Gasteiger charge is 2.18. The standard InChI is InChI=1S/C7H12N2/c1-5-6(2)9(4)7(3)8-5/h5H,2H2,1,3-4H3. The van der Waals surface area contributed by atoms with Gasteiger partial charge in [-0.25, -0.2) is 0 Å². The summed E-state index contributed by atoms with van der Waals surface area (Å²) in [6, 6.07) is 0.287. The van der Waals surface area contributed by atoms with Gasteiger partial charge in [0.1, 0.15) is 5.84 Å². The molecule has 0 radical (unpaired) electrons. The lowest BCUT2D eigenvalue weighted by Gasteiger charge is -2.12. The zero-order chi connectivity index (χ0) is 7.02. The molecule has 0 aromatic carbocycles. The summed E-state index contributed by atoms with van der Waals surface area (Å²) in [7, 11) is 1.99.